The van der Waals surface area contributed by atoms with Crippen molar-refractivity contribution in [2.75, 3.05) is 5.73 Å². The van der Waals surface area contributed by atoms with E-state index in [1.807, 2.05) is 36.4 Å². The van der Waals surface area contributed by atoms with E-state index < -0.39 is 0 Å². The quantitative estimate of drug-likeness (QED) is 0.761. The molecule has 0 spiro atoms. The van der Waals surface area contributed by atoms with Gasteiger partial charge < -0.3 is 5.73 Å². The maximum absolute atomic E-state index is 5.88. The number of benzene rings is 1. The van der Waals surface area contributed by atoms with Crippen molar-refractivity contribution in [3.05, 3.63) is 48.8 Å². The number of aromatic nitrogens is 3. The number of anilines is 1. The van der Waals surface area contributed by atoms with E-state index in [2.05, 4.69) is 15.2 Å². The highest BCUT2D eigenvalue weighted by Crippen LogP contribution is 2.32. The van der Waals surface area contributed by atoms with Crippen LogP contribution in [0.2, 0.25) is 0 Å². The van der Waals surface area contributed by atoms with Gasteiger partial charge in [-0.25, -0.2) is 4.98 Å². The minimum Gasteiger partial charge on any atom is -0.397 e. The first-order chi connectivity index (χ1) is 8.84. The van der Waals surface area contributed by atoms with Crippen LogP contribution in [0.1, 0.15) is 0 Å². The van der Waals surface area contributed by atoms with Gasteiger partial charge in [0.15, 0.2) is 0 Å². The van der Waals surface area contributed by atoms with Gasteiger partial charge in [-0.1, -0.05) is 24.3 Å². The van der Waals surface area contributed by atoms with Gasteiger partial charge >= 0.3 is 0 Å². The van der Waals surface area contributed by atoms with E-state index in [0.717, 1.165) is 20.8 Å². The Morgan fingerprint density at radius 3 is 2.78 bits per heavy atom. The molecule has 0 aliphatic rings. The number of nitrogen functional groups attached to an aromatic ring is 1. The highest BCUT2D eigenvalue weighted by atomic mass is 32.2. The van der Waals surface area contributed by atoms with Crippen LogP contribution in [-0.2, 0) is 0 Å². The third-order valence-corrected chi connectivity index (χ3v) is 3.56. The van der Waals surface area contributed by atoms with Gasteiger partial charge in [0.05, 0.1) is 11.9 Å². The van der Waals surface area contributed by atoms with Gasteiger partial charge in [0.25, 0.3) is 0 Å². The molecule has 0 amide bonds. The molecule has 1 aromatic carbocycles. The standard InChI is InChI=1S/C13H10N4S/c14-11-6-3-7-15-13(11)18-12-10-5-2-1-4-9(10)8-16-17-12/h1-8H,14H2. The van der Waals surface area contributed by atoms with Crippen molar-refractivity contribution in [2.45, 2.75) is 10.1 Å². The van der Waals surface area contributed by atoms with Crippen LogP contribution in [0.25, 0.3) is 10.8 Å². The molecule has 0 saturated carbocycles. The summed E-state index contributed by atoms with van der Waals surface area (Å²) in [4.78, 5) is 4.25. The smallest absolute Gasteiger partial charge is 0.133 e. The predicted molar refractivity (Wildman–Crippen MR) is 72.3 cm³/mol. The predicted octanol–water partition coefficient (Wildman–Crippen LogP) is 2.76. The van der Waals surface area contributed by atoms with Crippen LogP contribution in [0, 0.1) is 0 Å². The molecular formula is C13H10N4S. The van der Waals surface area contributed by atoms with Gasteiger partial charge in [-0.2, -0.15) is 5.10 Å². The average molecular weight is 254 g/mol. The van der Waals surface area contributed by atoms with Gasteiger partial charge in [-0.15, -0.1) is 5.10 Å². The lowest BCUT2D eigenvalue weighted by Crippen LogP contribution is -1.92. The van der Waals surface area contributed by atoms with E-state index in [-0.39, 0.29) is 0 Å². The average Bonchev–Trinajstić information content (AvgIpc) is 2.42. The molecule has 0 atom stereocenters. The normalized spacial score (nSPS) is 10.7. The summed E-state index contributed by atoms with van der Waals surface area (Å²) in [5, 5.41) is 11.8. The molecular weight excluding hydrogens is 244 g/mol. The molecule has 0 aliphatic carbocycles. The number of hydrogen-bond donors (Lipinski definition) is 1. The van der Waals surface area contributed by atoms with Gasteiger partial charge in [0.1, 0.15) is 10.1 Å². The number of hydrogen-bond acceptors (Lipinski definition) is 5. The molecule has 88 valence electrons. The molecule has 18 heavy (non-hydrogen) atoms. The maximum atomic E-state index is 5.88. The number of nitrogens with zero attached hydrogens (tertiary/aromatic N) is 3. The largest absolute Gasteiger partial charge is 0.397 e. The summed E-state index contributed by atoms with van der Waals surface area (Å²) in [6.45, 7) is 0. The van der Waals surface area contributed by atoms with Crippen molar-refractivity contribution in [2.24, 2.45) is 0 Å². The molecule has 0 saturated heterocycles. The first-order valence-corrected chi connectivity index (χ1v) is 6.25. The SMILES string of the molecule is Nc1cccnc1Sc1nncc2ccccc12. The Bertz CT molecular complexity index is 694. The lowest BCUT2D eigenvalue weighted by molar-refractivity contribution is 0.953. The zero-order chi connectivity index (χ0) is 12.4. The van der Waals surface area contributed by atoms with E-state index in [0.29, 0.717) is 5.69 Å². The number of nitrogens with two attached hydrogens (primary N) is 1. The molecule has 5 heteroatoms. The highest BCUT2D eigenvalue weighted by molar-refractivity contribution is 7.99. The van der Waals surface area contributed by atoms with Gasteiger partial charge in [0, 0.05) is 17.0 Å². The zero-order valence-corrected chi connectivity index (χ0v) is 10.3. The summed E-state index contributed by atoms with van der Waals surface area (Å²) in [7, 11) is 0. The number of pyridine rings is 1. The Labute approximate surface area is 108 Å². The van der Waals surface area contributed by atoms with Gasteiger partial charge in [-0.05, 0) is 23.9 Å². The molecule has 2 aromatic heterocycles. The van der Waals surface area contributed by atoms with Gasteiger partial charge in [0.2, 0.25) is 0 Å². The van der Waals surface area contributed by atoms with Crippen LogP contribution < -0.4 is 5.73 Å². The molecule has 2 N–H and O–H groups in total. The fourth-order valence-corrected chi connectivity index (χ4v) is 2.52. The van der Waals surface area contributed by atoms with Crippen LogP contribution >= 0.6 is 11.8 Å². The fraction of sp³-hybridized carbons (Fsp3) is 0. The van der Waals surface area contributed by atoms with Crippen LogP contribution in [0.5, 0.6) is 0 Å². The summed E-state index contributed by atoms with van der Waals surface area (Å²) in [6.07, 6.45) is 3.47. The number of rotatable bonds is 2. The molecule has 0 bridgehead atoms. The van der Waals surface area contributed by atoms with Crippen molar-refractivity contribution in [3.8, 4) is 0 Å². The monoisotopic (exact) mass is 254 g/mol. The van der Waals surface area contributed by atoms with Crippen molar-refractivity contribution in [1.29, 1.82) is 0 Å². The van der Waals surface area contributed by atoms with E-state index in [1.165, 1.54) is 11.8 Å². The van der Waals surface area contributed by atoms with Crippen LogP contribution in [0.3, 0.4) is 0 Å². The summed E-state index contributed by atoms with van der Waals surface area (Å²) in [6, 6.07) is 11.6. The topological polar surface area (TPSA) is 64.7 Å². The molecule has 0 radical (unpaired) electrons. The summed E-state index contributed by atoms with van der Waals surface area (Å²) in [5.74, 6) is 0. The third-order valence-electron chi connectivity index (χ3n) is 2.53. The van der Waals surface area contributed by atoms with Crippen molar-refractivity contribution < 1.29 is 0 Å². The van der Waals surface area contributed by atoms with E-state index >= 15 is 0 Å². The van der Waals surface area contributed by atoms with Gasteiger partial charge in [-0.3, -0.25) is 0 Å². The Hall–Kier alpha value is -2.14. The zero-order valence-electron chi connectivity index (χ0n) is 9.45. The summed E-state index contributed by atoms with van der Waals surface area (Å²) < 4.78 is 0. The Kier molecular flexibility index (Phi) is 2.82. The second kappa shape index (κ2) is 4.62. The molecule has 0 aliphatic heterocycles. The van der Waals surface area contributed by atoms with Crippen LogP contribution in [-0.4, -0.2) is 15.2 Å². The summed E-state index contributed by atoms with van der Waals surface area (Å²) in [5.41, 5.74) is 6.53. The molecule has 4 nitrogen and oxygen atoms in total. The molecule has 2 heterocycles. The van der Waals surface area contributed by atoms with E-state index in [9.17, 15) is 0 Å². The minimum absolute atomic E-state index is 0.650. The van der Waals surface area contributed by atoms with Crippen molar-refractivity contribution >= 4 is 28.2 Å². The van der Waals surface area contributed by atoms with E-state index in [1.54, 1.807) is 12.4 Å². The highest BCUT2D eigenvalue weighted by Gasteiger charge is 2.08. The molecule has 0 unspecified atom stereocenters. The second-order valence-corrected chi connectivity index (χ2v) is 4.71. The fourth-order valence-electron chi connectivity index (χ4n) is 1.66. The first-order valence-electron chi connectivity index (χ1n) is 5.43. The van der Waals surface area contributed by atoms with E-state index in [4.69, 9.17) is 5.73 Å². The molecule has 3 rings (SSSR count). The van der Waals surface area contributed by atoms with Crippen LogP contribution in [0.4, 0.5) is 5.69 Å². The second-order valence-electron chi connectivity index (χ2n) is 3.74. The first kappa shape index (κ1) is 11.0. The van der Waals surface area contributed by atoms with Crippen LogP contribution in [0.15, 0.2) is 58.8 Å². The summed E-state index contributed by atoms with van der Waals surface area (Å²) >= 11 is 1.43. The Morgan fingerprint density at radius 1 is 1.00 bits per heavy atom. The third kappa shape index (κ3) is 2.00. The van der Waals surface area contributed by atoms with Crippen molar-refractivity contribution in [3.63, 3.8) is 0 Å². The van der Waals surface area contributed by atoms with Crippen molar-refractivity contribution in [1.82, 2.24) is 15.2 Å². The Balaban J connectivity index is 2.08. The molecule has 3 aromatic rings. The minimum atomic E-state index is 0.650. The Morgan fingerprint density at radius 2 is 1.89 bits per heavy atom. The maximum Gasteiger partial charge on any atom is 0.133 e. The molecule has 0 fully saturated rings. The lowest BCUT2D eigenvalue weighted by atomic mass is 10.2. The number of fused-ring (bicyclic) bond motifs is 1. The lowest BCUT2D eigenvalue weighted by Gasteiger charge is -2.05.